The molecular weight excluding hydrogens is 336 g/mol. The molecule has 25 heavy (non-hydrogen) atoms. The first-order valence-electron chi connectivity index (χ1n) is 8.31. The lowest BCUT2D eigenvalue weighted by Crippen LogP contribution is -2.43. The molecule has 132 valence electrons. The Kier molecular flexibility index (Phi) is 5.08. The molecule has 0 unspecified atom stereocenters. The van der Waals surface area contributed by atoms with Crippen molar-refractivity contribution in [3.8, 4) is 0 Å². The van der Waals surface area contributed by atoms with Crippen molar-refractivity contribution >= 4 is 21.6 Å². The number of anilines is 1. The van der Waals surface area contributed by atoms with Crippen LogP contribution in [0.5, 0.6) is 0 Å². The van der Waals surface area contributed by atoms with Crippen molar-refractivity contribution in [3.63, 3.8) is 0 Å². The molecule has 0 spiro atoms. The maximum atomic E-state index is 12.8. The number of sulfone groups is 1. The van der Waals surface area contributed by atoms with Gasteiger partial charge in [0.2, 0.25) is 0 Å². The summed E-state index contributed by atoms with van der Waals surface area (Å²) in [5.74, 6) is 0.168. The van der Waals surface area contributed by atoms with Gasteiger partial charge in [0.05, 0.1) is 11.5 Å². The van der Waals surface area contributed by atoms with E-state index in [9.17, 15) is 13.2 Å². The van der Waals surface area contributed by atoms with Crippen LogP contribution in [0.2, 0.25) is 0 Å². The molecule has 1 atom stereocenters. The van der Waals surface area contributed by atoms with Crippen molar-refractivity contribution in [2.45, 2.75) is 25.9 Å². The summed E-state index contributed by atoms with van der Waals surface area (Å²) >= 11 is 0. The third-order valence-corrected chi connectivity index (χ3v) is 6.16. The Balaban J connectivity index is 1.80. The molecule has 1 N–H and O–H groups in total. The number of benzene rings is 2. The van der Waals surface area contributed by atoms with Crippen LogP contribution in [-0.2, 0) is 16.4 Å². The van der Waals surface area contributed by atoms with Crippen LogP contribution in [-0.4, -0.2) is 36.9 Å². The molecule has 0 aliphatic carbocycles. The van der Waals surface area contributed by atoms with E-state index in [0.29, 0.717) is 18.7 Å². The molecule has 1 saturated heterocycles. The van der Waals surface area contributed by atoms with Gasteiger partial charge in [-0.25, -0.2) is 13.2 Å². The average molecular weight is 358 g/mol. The van der Waals surface area contributed by atoms with Gasteiger partial charge < -0.3 is 10.2 Å². The molecule has 0 radical (unpaired) electrons. The molecule has 0 bridgehead atoms. The van der Waals surface area contributed by atoms with Gasteiger partial charge in [-0.05, 0) is 31.0 Å². The first kappa shape index (κ1) is 17.5. The number of urea groups is 1. The van der Waals surface area contributed by atoms with E-state index in [1.807, 2.05) is 61.5 Å². The van der Waals surface area contributed by atoms with Gasteiger partial charge in [0.25, 0.3) is 0 Å². The van der Waals surface area contributed by atoms with Crippen LogP contribution in [0.1, 0.15) is 17.5 Å². The predicted octanol–water partition coefficient (Wildman–Crippen LogP) is 3.22. The van der Waals surface area contributed by atoms with E-state index in [1.54, 1.807) is 4.90 Å². The van der Waals surface area contributed by atoms with Gasteiger partial charge in [-0.2, -0.15) is 0 Å². The minimum atomic E-state index is -3.07. The lowest BCUT2D eigenvalue weighted by atomic mass is 10.1. The third kappa shape index (κ3) is 4.60. The maximum absolute atomic E-state index is 12.8. The number of para-hydroxylation sites is 1. The van der Waals surface area contributed by atoms with Gasteiger partial charge in [0.15, 0.2) is 9.84 Å². The van der Waals surface area contributed by atoms with Crippen molar-refractivity contribution in [1.82, 2.24) is 4.90 Å². The highest BCUT2D eigenvalue weighted by atomic mass is 32.2. The first-order valence-corrected chi connectivity index (χ1v) is 10.1. The van der Waals surface area contributed by atoms with Crippen LogP contribution in [0, 0.1) is 6.92 Å². The van der Waals surface area contributed by atoms with Crippen molar-refractivity contribution in [2.24, 2.45) is 0 Å². The second-order valence-electron chi connectivity index (χ2n) is 6.47. The van der Waals surface area contributed by atoms with Gasteiger partial charge in [-0.3, -0.25) is 0 Å². The summed E-state index contributed by atoms with van der Waals surface area (Å²) in [5, 5.41) is 2.87. The fraction of sp³-hybridized carbons (Fsp3) is 0.316. The van der Waals surface area contributed by atoms with Gasteiger partial charge in [-0.15, -0.1) is 0 Å². The Bertz CT molecular complexity index is 833. The van der Waals surface area contributed by atoms with Gasteiger partial charge in [0.1, 0.15) is 0 Å². The molecule has 2 aromatic rings. The molecule has 2 aromatic carbocycles. The zero-order valence-corrected chi connectivity index (χ0v) is 15.0. The molecule has 5 nitrogen and oxygen atoms in total. The highest BCUT2D eigenvalue weighted by molar-refractivity contribution is 7.91. The monoisotopic (exact) mass is 358 g/mol. The summed E-state index contributed by atoms with van der Waals surface area (Å²) in [6.07, 6.45) is 0.483. The van der Waals surface area contributed by atoms with Crippen molar-refractivity contribution in [3.05, 3.63) is 65.7 Å². The van der Waals surface area contributed by atoms with Gasteiger partial charge >= 0.3 is 6.03 Å². The Labute approximate surface area is 148 Å². The number of hydrogen-bond acceptors (Lipinski definition) is 3. The molecule has 1 aliphatic rings. The summed E-state index contributed by atoms with van der Waals surface area (Å²) in [4.78, 5) is 14.4. The molecule has 1 heterocycles. The molecule has 6 heteroatoms. The number of carbonyl (C=O) groups is 1. The zero-order chi connectivity index (χ0) is 17.9. The lowest BCUT2D eigenvalue weighted by Gasteiger charge is -2.28. The van der Waals surface area contributed by atoms with E-state index in [-0.39, 0.29) is 23.6 Å². The Morgan fingerprint density at radius 2 is 1.80 bits per heavy atom. The van der Waals surface area contributed by atoms with Crippen LogP contribution in [0.15, 0.2) is 54.6 Å². The summed E-state index contributed by atoms with van der Waals surface area (Å²) < 4.78 is 23.7. The van der Waals surface area contributed by atoms with E-state index in [0.717, 1.165) is 11.1 Å². The fourth-order valence-electron chi connectivity index (χ4n) is 2.99. The highest BCUT2D eigenvalue weighted by Crippen LogP contribution is 2.21. The quantitative estimate of drug-likeness (QED) is 0.912. The Morgan fingerprint density at radius 3 is 2.40 bits per heavy atom. The summed E-state index contributed by atoms with van der Waals surface area (Å²) in [7, 11) is -3.07. The molecule has 1 aliphatic heterocycles. The SMILES string of the molecule is Cc1ccc(CN(C(=O)Nc2ccccc2)[C@@H]2CCS(=O)(=O)C2)cc1. The largest absolute Gasteiger partial charge is 0.322 e. The summed E-state index contributed by atoms with van der Waals surface area (Å²) in [6, 6.07) is 16.6. The topological polar surface area (TPSA) is 66.5 Å². The minimum absolute atomic E-state index is 0.0288. The zero-order valence-electron chi connectivity index (χ0n) is 14.2. The summed E-state index contributed by atoms with van der Waals surface area (Å²) in [5.41, 5.74) is 2.83. The van der Waals surface area contributed by atoms with Crippen LogP contribution < -0.4 is 5.32 Å². The van der Waals surface area contributed by atoms with Crippen LogP contribution in [0.25, 0.3) is 0 Å². The lowest BCUT2D eigenvalue weighted by molar-refractivity contribution is 0.190. The van der Waals surface area contributed by atoms with E-state index in [4.69, 9.17) is 0 Å². The number of aryl methyl sites for hydroxylation is 1. The Morgan fingerprint density at radius 1 is 1.12 bits per heavy atom. The second-order valence-corrected chi connectivity index (χ2v) is 8.70. The van der Waals surface area contributed by atoms with Crippen molar-refractivity contribution in [2.75, 3.05) is 16.8 Å². The molecule has 2 amide bonds. The van der Waals surface area contributed by atoms with E-state index >= 15 is 0 Å². The summed E-state index contributed by atoms with van der Waals surface area (Å²) in [6.45, 7) is 2.40. The second kappa shape index (κ2) is 7.27. The molecule has 3 rings (SSSR count). The highest BCUT2D eigenvalue weighted by Gasteiger charge is 2.34. The smallest absolute Gasteiger partial charge is 0.316 e. The van der Waals surface area contributed by atoms with Crippen LogP contribution >= 0.6 is 0 Å². The molecular formula is C19H22N2O3S. The minimum Gasteiger partial charge on any atom is -0.316 e. The predicted molar refractivity (Wildman–Crippen MR) is 99.2 cm³/mol. The normalized spacial score (nSPS) is 18.7. The van der Waals surface area contributed by atoms with Gasteiger partial charge in [-0.1, -0.05) is 48.0 Å². The number of nitrogens with zero attached hydrogens (tertiary/aromatic N) is 1. The fourth-order valence-corrected chi connectivity index (χ4v) is 4.73. The standard InChI is InChI=1S/C19H22N2O3S/c1-15-7-9-16(10-8-15)13-21(18-11-12-25(23,24)14-18)19(22)20-17-5-3-2-4-6-17/h2-10,18H,11-14H2,1H3,(H,20,22)/t18-/m1/s1. The molecule has 0 saturated carbocycles. The number of rotatable bonds is 4. The van der Waals surface area contributed by atoms with E-state index < -0.39 is 9.84 Å². The van der Waals surface area contributed by atoms with Crippen LogP contribution in [0.4, 0.5) is 10.5 Å². The van der Waals surface area contributed by atoms with Crippen molar-refractivity contribution < 1.29 is 13.2 Å². The number of hydrogen-bond donors (Lipinski definition) is 1. The van der Waals surface area contributed by atoms with Gasteiger partial charge in [0, 0.05) is 18.3 Å². The molecule has 0 aromatic heterocycles. The van der Waals surface area contributed by atoms with E-state index in [1.165, 1.54) is 0 Å². The van der Waals surface area contributed by atoms with Crippen LogP contribution in [0.3, 0.4) is 0 Å². The third-order valence-electron chi connectivity index (χ3n) is 4.41. The Hall–Kier alpha value is -2.34. The first-order chi connectivity index (χ1) is 11.9. The van der Waals surface area contributed by atoms with E-state index in [2.05, 4.69) is 5.32 Å². The average Bonchev–Trinajstić information content (AvgIpc) is 2.95. The maximum Gasteiger partial charge on any atom is 0.322 e. The number of carbonyl (C=O) groups excluding carboxylic acids is 1. The number of amides is 2. The van der Waals surface area contributed by atoms with Crippen molar-refractivity contribution in [1.29, 1.82) is 0 Å². The molecule has 1 fully saturated rings. The number of nitrogens with one attached hydrogen (secondary N) is 1.